The average Bonchev–Trinajstić information content (AvgIpc) is 1.97. The minimum absolute atomic E-state index is 0.0478. The zero-order valence-electron chi connectivity index (χ0n) is 5.92. The van der Waals surface area contributed by atoms with Gasteiger partial charge in [-0.1, -0.05) is 11.6 Å². The van der Waals surface area contributed by atoms with E-state index in [0.717, 1.165) is 6.07 Å². The highest BCUT2D eigenvalue weighted by atomic mass is 127. The molecule has 1 aromatic rings. The summed E-state index contributed by atoms with van der Waals surface area (Å²) in [6.45, 7) is 0. The van der Waals surface area contributed by atoms with E-state index < -0.39 is 17.6 Å². The Labute approximate surface area is 90.0 Å². The Bertz CT molecular complexity index is 311. The van der Waals surface area contributed by atoms with E-state index in [4.69, 9.17) is 11.6 Å². The van der Waals surface area contributed by atoms with Gasteiger partial charge in [0.1, 0.15) is 5.82 Å². The minimum Gasteiger partial charge on any atom is -0.205 e. The predicted molar refractivity (Wildman–Crippen MR) is 49.1 cm³/mol. The molecule has 0 aromatic heterocycles. The molecule has 0 saturated heterocycles. The second-order valence-electron chi connectivity index (χ2n) is 2.25. The van der Waals surface area contributed by atoms with Gasteiger partial charge in [0.25, 0.3) is 0 Å². The third-order valence-electron chi connectivity index (χ3n) is 1.31. The number of rotatable bonds is 0. The molecule has 0 aliphatic carbocycles. The molecule has 0 atom stereocenters. The Hall–Kier alpha value is -0.0400. The van der Waals surface area contributed by atoms with Crippen LogP contribution < -0.4 is 0 Å². The summed E-state index contributed by atoms with van der Waals surface area (Å²) in [6, 6.07) is 1.18. The van der Waals surface area contributed by atoms with Crippen molar-refractivity contribution in [2.45, 2.75) is 6.18 Å². The molecule has 0 bridgehead atoms. The van der Waals surface area contributed by atoms with Crippen molar-refractivity contribution in [3.8, 4) is 0 Å². The van der Waals surface area contributed by atoms with Gasteiger partial charge in [0, 0.05) is 3.57 Å². The van der Waals surface area contributed by atoms with Crippen LogP contribution in [0.15, 0.2) is 12.1 Å². The van der Waals surface area contributed by atoms with Crippen LogP contribution in [0.1, 0.15) is 5.56 Å². The van der Waals surface area contributed by atoms with E-state index in [-0.39, 0.29) is 8.59 Å². The van der Waals surface area contributed by atoms with E-state index in [0.29, 0.717) is 6.07 Å². The van der Waals surface area contributed by atoms with Gasteiger partial charge in [-0.05, 0) is 34.7 Å². The fourth-order valence-corrected chi connectivity index (χ4v) is 1.42. The summed E-state index contributed by atoms with van der Waals surface area (Å²) in [5.41, 5.74) is -1.03. The lowest BCUT2D eigenvalue weighted by atomic mass is 10.2. The summed E-state index contributed by atoms with van der Waals surface area (Å²) in [7, 11) is 0. The Balaban J connectivity index is 3.29. The Morgan fingerprint density at radius 1 is 1.23 bits per heavy atom. The van der Waals surface area contributed by atoms with E-state index in [9.17, 15) is 17.6 Å². The van der Waals surface area contributed by atoms with Gasteiger partial charge in [-0.3, -0.25) is 0 Å². The standard InChI is InChI=1S/C7H2ClF4I/c8-6-4(9)1-3(2-5(6)13)7(10,11)12/h1-2H. The van der Waals surface area contributed by atoms with Crippen LogP contribution in [0, 0.1) is 9.39 Å². The number of benzene rings is 1. The average molecular weight is 324 g/mol. The van der Waals surface area contributed by atoms with Crippen molar-refractivity contribution in [1.29, 1.82) is 0 Å². The number of halogens is 6. The molecule has 0 amide bonds. The van der Waals surface area contributed by atoms with Crippen molar-refractivity contribution < 1.29 is 17.6 Å². The minimum atomic E-state index is -4.54. The molecule has 0 fully saturated rings. The van der Waals surface area contributed by atoms with Crippen LogP contribution in [0.3, 0.4) is 0 Å². The maximum atomic E-state index is 12.7. The molecule has 1 rings (SSSR count). The molecule has 0 saturated carbocycles. The lowest BCUT2D eigenvalue weighted by molar-refractivity contribution is -0.137. The van der Waals surface area contributed by atoms with Gasteiger partial charge < -0.3 is 0 Å². The fourth-order valence-electron chi connectivity index (χ4n) is 0.719. The molecular formula is C7H2ClF4I. The second kappa shape index (κ2) is 3.61. The third kappa shape index (κ3) is 2.46. The maximum absolute atomic E-state index is 12.7. The van der Waals surface area contributed by atoms with Gasteiger partial charge in [-0.15, -0.1) is 0 Å². The molecule has 1 aromatic carbocycles. The molecule has 13 heavy (non-hydrogen) atoms. The Morgan fingerprint density at radius 3 is 2.15 bits per heavy atom. The molecule has 0 aliphatic heterocycles. The van der Waals surface area contributed by atoms with Gasteiger partial charge in [-0.25, -0.2) is 4.39 Å². The first-order valence-corrected chi connectivity index (χ1v) is 4.50. The van der Waals surface area contributed by atoms with E-state index in [1.54, 1.807) is 22.6 Å². The number of hydrogen-bond acceptors (Lipinski definition) is 0. The second-order valence-corrected chi connectivity index (χ2v) is 3.79. The number of hydrogen-bond donors (Lipinski definition) is 0. The van der Waals surface area contributed by atoms with Gasteiger partial charge in [0.05, 0.1) is 10.6 Å². The lowest BCUT2D eigenvalue weighted by Crippen LogP contribution is -2.06. The van der Waals surface area contributed by atoms with Crippen molar-refractivity contribution in [1.82, 2.24) is 0 Å². The van der Waals surface area contributed by atoms with Crippen LogP contribution in [0.5, 0.6) is 0 Å². The first-order valence-electron chi connectivity index (χ1n) is 3.04. The normalized spacial score (nSPS) is 11.8. The number of alkyl halides is 3. The van der Waals surface area contributed by atoms with Crippen LogP contribution in [0.2, 0.25) is 5.02 Å². The van der Waals surface area contributed by atoms with Crippen LogP contribution in [-0.2, 0) is 6.18 Å². The van der Waals surface area contributed by atoms with Crippen LogP contribution in [0.25, 0.3) is 0 Å². The molecule has 0 unspecified atom stereocenters. The molecule has 0 nitrogen and oxygen atoms in total. The Morgan fingerprint density at radius 2 is 1.77 bits per heavy atom. The quantitative estimate of drug-likeness (QED) is 0.383. The van der Waals surface area contributed by atoms with E-state index in [2.05, 4.69) is 0 Å². The fraction of sp³-hybridized carbons (Fsp3) is 0.143. The SMILES string of the molecule is Fc1cc(C(F)(F)F)cc(I)c1Cl. The molecule has 0 heterocycles. The van der Waals surface area contributed by atoms with Gasteiger partial charge >= 0.3 is 6.18 Å². The van der Waals surface area contributed by atoms with Gasteiger partial charge in [-0.2, -0.15) is 13.2 Å². The van der Waals surface area contributed by atoms with E-state index in [1.165, 1.54) is 0 Å². The van der Waals surface area contributed by atoms with E-state index in [1.807, 2.05) is 0 Å². The summed E-state index contributed by atoms with van der Waals surface area (Å²) < 4.78 is 49.0. The molecular weight excluding hydrogens is 322 g/mol. The predicted octanol–water partition coefficient (Wildman–Crippen LogP) is 4.10. The van der Waals surface area contributed by atoms with Gasteiger partial charge in [0.2, 0.25) is 0 Å². The van der Waals surface area contributed by atoms with Crippen LogP contribution in [0.4, 0.5) is 17.6 Å². The van der Waals surface area contributed by atoms with Crippen molar-refractivity contribution in [3.05, 3.63) is 32.1 Å². The highest BCUT2D eigenvalue weighted by Gasteiger charge is 2.31. The first-order chi connectivity index (χ1) is 5.82. The molecule has 6 heteroatoms. The Kier molecular flexibility index (Phi) is 3.06. The summed E-state index contributed by atoms with van der Waals surface area (Å²) in [5.74, 6) is -1.05. The van der Waals surface area contributed by atoms with Crippen LogP contribution in [-0.4, -0.2) is 0 Å². The molecule has 0 radical (unpaired) electrons. The monoisotopic (exact) mass is 324 g/mol. The van der Waals surface area contributed by atoms with Gasteiger partial charge in [0.15, 0.2) is 0 Å². The largest absolute Gasteiger partial charge is 0.416 e. The summed E-state index contributed by atoms with van der Waals surface area (Å²) in [5, 5.41) is -0.284. The molecule has 0 spiro atoms. The third-order valence-corrected chi connectivity index (χ3v) is 2.86. The van der Waals surface area contributed by atoms with Crippen molar-refractivity contribution >= 4 is 34.2 Å². The molecule has 72 valence electrons. The molecule has 0 aliphatic rings. The first kappa shape index (κ1) is 11.0. The van der Waals surface area contributed by atoms with Crippen LogP contribution >= 0.6 is 34.2 Å². The summed E-state index contributed by atoms with van der Waals surface area (Å²) >= 11 is 6.89. The zero-order valence-corrected chi connectivity index (χ0v) is 8.84. The van der Waals surface area contributed by atoms with Crippen molar-refractivity contribution in [2.24, 2.45) is 0 Å². The topological polar surface area (TPSA) is 0 Å². The smallest absolute Gasteiger partial charge is 0.205 e. The van der Waals surface area contributed by atoms with Crippen molar-refractivity contribution in [3.63, 3.8) is 0 Å². The van der Waals surface area contributed by atoms with Crippen molar-refractivity contribution in [2.75, 3.05) is 0 Å². The highest BCUT2D eigenvalue weighted by molar-refractivity contribution is 14.1. The van der Waals surface area contributed by atoms with E-state index >= 15 is 0 Å². The summed E-state index contributed by atoms with van der Waals surface area (Å²) in [6.07, 6.45) is -4.54. The zero-order chi connectivity index (χ0) is 10.2. The highest BCUT2D eigenvalue weighted by Crippen LogP contribution is 2.33. The summed E-state index contributed by atoms with van der Waals surface area (Å²) in [4.78, 5) is 0. The lowest BCUT2D eigenvalue weighted by Gasteiger charge is -2.07. The molecule has 0 N–H and O–H groups in total. The maximum Gasteiger partial charge on any atom is 0.416 e.